The number of hydrogen-bond donors (Lipinski definition) is 3. The maximum absolute atomic E-state index is 14.4. The van der Waals surface area contributed by atoms with Crippen LogP contribution in [0.2, 0.25) is 5.02 Å². The molecule has 3 aliphatic carbocycles. The van der Waals surface area contributed by atoms with Crippen molar-refractivity contribution in [3.8, 4) is 0 Å². The van der Waals surface area contributed by atoms with E-state index in [1.807, 2.05) is 20.8 Å². The number of esters is 1. The number of nitrogens with zero attached hydrogens (tertiary/aromatic N) is 2. The molecular formula is C26H35ClN2O6. The van der Waals surface area contributed by atoms with Gasteiger partial charge in [-0.25, -0.2) is 4.79 Å². The zero-order chi connectivity index (χ0) is 26.2. The van der Waals surface area contributed by atoms with Crippen molar-refractivity contribution in [1.82, 2.24) is 9.78 Å². The number of ether oxygens (including phenoxy) is 1. The molecule has 3 N–H and O–H groups in total. The number of aryl methyl sites for hydroxylation is 2. The fourth-order valence-corrected chi connectivity index (χ4v) is 6.91. The van der Waals surface area contributed by atoms with Gasteiger partial charge < -0.3 is 20.1 Å². The van der Waals surface area contributed by atoms with Crippen molar-refractivity contribution in [2.75, 3.05) is 6.61 Å². The molecule has 0 aromatic carbocycles. The number of allylic oxidation sites excluding steroid dienone is 1. The number of carbonyl (C=O) groups is 2. The third-order valence-corrected chi connectivity index (χ3v) is 9.53. The molecule has 0 amide bonds. The molecule has 192 valence electrons. The van der Waals surface area contributed by atoms with Gasteiger partial charge in [-0.2, -0.15) is 5.10 Å². The Balaban J connectivity index is 1.91. The lowest BCUT2D eigenvalue weighted by atomic mass is 9.59. The van der Waals surface area contributed by atoms with E-state index in [2.05, 4.69) is 12.0 Å². The Hall–Kier alpha value is -2.00. The number of aliphatic hydroxyl groups excluding tert-OH is 2. The topological polar surface area (TPSA) is 122 Å². The van der Waals surface area contributed by atoms with Crippen molar-refractivity contribution in [2.24, 2.45) is 35.6 Å². The van der Waals surface area contributed by atoms with E-state index in [9.17, 15) is 24.9 Å². The van der Waals surface area contributed by atoms with Crippen molar-refractivity contribution in [3.05, 3.63) is 39.7 Å². The van der Waals surface area contributed by atoms with E-state index in [1.54, 1.807) is 33.0 Å². The molecule has 1 heterocycles. The predicted octanol–water partition coefficient (Wildman–Crippen LogP) is 2.77. The number of halogens is 1. The van der Waals surface area contributed by atoms with Gasteiger partial charge in [-0.3, -0.25) is 9.48 Å². The van der Waals surface area contributed by atoms with E-state index in [0.29, 0.717) is 17.7 Å². The van der Waals surface area contributed by atoms with Crippen LogP contribution in [0.4, 0.5) is 0 Å². The highest BCUT2D eigenvalue weighted by Crippen LogP contribution is 2.62. The Labute approximate surface area is 210 Å². The summed E-state index contributed by atoms with van der Waals surface area (Å²) in [5.41, 5.74) is -3.17. The Morgan fingerprint density at radius 1 is 1.29 bits per heavy atom. The van der Waals surface area contributed by atoms with E-state index in [-0.39, 0.29) is 33.9 Å². The average molecular weight is 507 g/mol. The van der Waals surface area contributed by atoms with Gasteiger partial charge in [0.25, 0.3) is 0 Å². The van der Waals surface area contributed by atoms with Gasteiger partial charge in [0.2, 0.25) is 0 Å². The van der Waals surface area contributed by atoms with Gasteiger partial charge in [0.1, 0.15) is 6.10 Å². The second-order valence-electron chi connectivity index (χ2n) is 11.2. The van der Waals surface area contributed by atoms with Crippen molar-refractivity contribution in [2.45, 2.75) is 65.8 Å². The zero-order valence-electron chi connectivity index (χ0n) is 21.3. The molecular weight excluding hydrogens is 472 g/mol. The van der Waals surface area contributed by atoms with Crippen LogP contribution < -0.4 is 0 Å². The number of hydrogen-bond acceptors (Lipinski definition) is 7. The lowest BCUT2D eigenvalue weighted by molar-refractivity contribution is -0.190. The molecule has 1 aromatic heterocycles. The maximum atomic E-state index is 14.4. The minimum absolute atomic E-state index is 0.00965. The first-order valence-corrected chi connectivity index (χ1v) is 12.4. The fraction of sp³-hybridized carbons (Fsp3) is 0.654. The monoisotopic (exact) mass is 506 g/mol. The van der Waals surface area contributed by atoms with Crippen molar-refractivity contribution < 1.29 is 29.6 Å². The molecule has 0 saturated heterocycles. The standard InChI is InChI=1S/C26H35ClN2O6/c1-12-10-25-14(3)8-13(2)24(5,6)17(21(25)32)9-16(11-30)20(31)26(25,34)22(12)35-23(33)19-18(27)15(4)28-29(19)7/h9-10,13-14,17,20,22,30-31,34H,8,11H2,1-7H3/t13-,14?,17+,20+,22-,25?,26-/m0/s1. The highest BCUT2D eigenvalue weighted by molar-refractivity contribution is 6.34. The molecule has 0 radical (unpaired) electrons. The molecule has 1 aromatic rings. The van der Waals surface area contributed by atoms with Gasteiger partial charge in [-0.1, -0.05) is 51.4 Å². The van der Waals surface area contributed by atoms with Crippen LogP contribution in [-0.2, 0) is 16.6 Å². The number of ketones is 1. The quantitative estimate of drug-likeness (QED) is 0.425. The first-order valence-electron chi connectivity index (χ1n) is 12.0. The van der Waals surface area contributed by atoms with E-state index in [0.717, 1.165) is 0 Å². The van der Waals surface area contributed by atoms with Crippen LogP contribution in [0.1, 0.15) is 57.2 Å². The molecule has 1 spiro atoms. The molecule has 3 aliphatic rings. The summed E-state index contributed by atoms with van der Waals surface area (Å²) in [5.74, 6) is -1.99. The third-order valence-electron chi connectivity index (χ3n) is 9.08. The molecule has 4 rings (SSSR count). The minimum Gasteiger partial charge on any atom is -0.450 e. The molecule has 1 fully saturated rings. The fourth-order valence-electron chi connectivity index (χ4n) is 6.67. The third kappa shape index (κ3) is 3.26. The van der Waals surface area contributed by atoms with E-state index >= 15 is 0 Å². The highest BCUT2D eigenvalue weighted by atomic mass is 35.5. The summed E-state index contributed by atoms with van der Waals surface area (Å²) < 4.78 is 7.16. The lowest BCUT2D eigenvalue weighted by Gasteiger charge is -2.48. The van der Waals surface area contributed by atoms with E-state index in [1.165, 1.54) is 4.68 Å². The molecule has 7 atom stereocenters. The van der Waals surface area contributed by atoms with Crippen molar-refractivity contribution >= 4 is 23.4 Å². The van der Waals surface area contributed by atoms with Crippen LogP contribution in [0.5, 0.6) is 0 Å². The summed E-state index contributed by atoms with van der Waals surface area (Å²) in [5, 5.41) is 38.5. The van der Waals surface area contributed by atoms with Crippen molar-refractivity contribution in [1.29, 1.82) is 0 Å². The van der Waals surface area contributed by atoms with Gasteiger partial charge in [-0.05, 0) is 48.7 Å². The SMILES string of the molecule is CC1=CC23C(=O)[C@@H](C=C(CO)[C@@H](O)[C@]2(O)[C@H]1OC(=O)c1c(Cl)c(C)nn1C)C(C)(C)[C@@H](C)CC3C. The Morgan fingerprint density at radius 3 is 2.46 bits per heavy atom. The molecule has 2 bridgehead atoms. The number of carbonyl (C=O) groups excluding carboxylic acids is 2. The van der Waals surface area contributed by atoms with Crippen LogP contribution in [-0.4, -0.2) is 61.3 Å². The van der Waals surface area contributed by atoms with Crippen LogP contribution in [0, 0.1) is 35.5 Å². The van der Waals surface area contributed by atoms with E-state index < -0.39 is 47.1 Å². The number of aliphatic hydroxyl groups is 3. The molecule has 0 aliphatic heterocycles. The van der Waals surface area contributed by atoms with Gasteiger partial charge >= 0.3 is 5.97 Å². The first-order chi connectivity index (χ1) is 16.2. The van der Waals surface area contributed by atoms with Crippen LogP contribution >= 0.6 is 11.6 Å². The Morgan fingerprint density at radius 2 is 1.91 bits per heavy atom. The van der Waals surface area contributed by atoms with Crippen LogP contribution in [0.3, 0.4) is 0 Å². The highest BCUT2D eigenvalue weighted by Gasteiger charge is 2.73. The normalized spacial score (nSPS) is 38.3. The minimum atomic E-state index is -2.22. The van der Waals surface area contributed by atoms with Crippen LogP contribution in [0.15, 0.2) is 23.3 Å². The summed E-state index contributed by atoms with van der Waals surface area (Å²) in [6.07, 6.45) is 0.940. The number of Topliss-reactive ketones (excluding diaryl/α,β-unsaturated/α-hetero) is 1. The number of rotatable bonds is 3. The summed E-state index contributed by atoms with van der Waals surface area (Å²) in [6.45, 7) is 10.8. The number of aromatic nitrogens is 2. The number of fused-ring (bicyclic) bond motifs is 1. The average Bonchev–Trinajstić information content (AvgIpc) is 3.13. The van der Waals surface area contributed by atoms with E-state index in [4.69, 9.17) is 16.3 Å². The zero-order valence-corrected chi connectivity index (χ0v) is 22.1. The maximum Gasteiger partial charge on any atom is 0.358 e. The summed E-state index contributed by atoms with van der Waals surface area (Å²) in [4.78, 5) is 27.7. The summed E-state index contributed by atoms with van der Waals surface area (Å²) in [7, 11) is 1.56. The molecule has 9 heteroatoms. The van der Waals surface area contributed by atoms with Gasteiger partial charge in [0.15, 0.2) is 23.2 Å². The second-order valence-corrected chi connectivity index (χ2v) is 11.6. The van der Waals surface area contributed by atoms with Gasteiger partial charge in [-0.15, -0.1) is 0 Å². The molecule has 2 unspecified atom stereocenters. The largest absolute Gasteiger partial charge is 0.450 e. The summed E-state index contributed by atoms with van der Waals surface area (Å²) in [6, 6.07) is 0. The lowest BCUT2D eigenvalue weighted by Crippen LogP contribution is -2.65. The van der Waals surface area contributed by atoms with Gasteiger partial charge in [0.05, 0.1) is 22.7 Å². The predicted molar refractivity (Wildman–Crippen MR) is 130 cm³/mol. The second kappa shape index (κ2) is 8.26. The molecule has 8 nitrogen and oxygen atoms in total. The van der Waals surface area contributed by atoms with Gasteiger partial charge in [0, 0.05) is 13.0 Å². The first kappa shape index (κ1) is 26.1. The van der Waals surface area contributed by atoms with Crippen LogP contribution in [0.25, 0.3) is 0 Å². The molecule has 35 heavy (non-hydrogen) atoms. The summed E-state index contributed by atoms with van der Waals surface area (Å²) >= 11 is 6.29. The Bertz CT molecular complexity index is 1150. The van der Waals surface area contributed by atoms with Crippen molar-refractivity contribution in [3.63, 3.8) is 0 Å². The smallest absolute Gasteiger partial charge is 0.358 e. The Kier molecular flexibility index (Phi) is 6.16. The molecule has 1 saturated carbocycles.